The molecule has 22 heavy (non-hydrogen) atoms. The topological polar surface area (TPSA) is 61.5 Å². The number of allylic oxidation sites excluding steroid dienone is 1. The molecule has 2 rings (SSSR count). The fourth-order valence-electron chi connectivity index (χ4n) is 2.28. The quantitative estimate of drug-likeness (QED) is 0.657. The molecule has 0 aromatic heterocycles. The summed E-state index contributed by atoms with van der Waals surface area (Å²) in [6, 6.07) is 11.5. The zero-order valence-electron chi connectivity index (χ0n) is 12.7. The molecule has 0 amide bonds. The third kappa shape index (κ3) is 3.35. The Hall–Kier alpha value is -2.59. The summed E-state index contributed by atoms with van der Waals surface area (Å²) in [7, 11) is 3.25. The normalized spacial score (nSPS) is 10.7. The molecule has 0 radical (unpaired) electrons. The Morgan fingerprint density at radius 1 is 1.05 bits per heavy atom. The number of hydrogen-bond acceptors (Lipinski definition) is 4. The number of aldehydes is 1. The lowest BCUT2D eigenvalue weighted by molar-refractivity contribution is -0.104. The summed E-state index contributed by atoms with van der Waals surface area (Å²) in [6.45, 7) is 0.445. The molecule has 0 unspecified atom stereocenters. The van der Waals surface area contributed by atoms with Gasteiger partial charge in [0.05, 0.1) is 14.2 Å². The molecule has 0 aliphatic heterocycles. The minimum atomic E-state index is 0.445. The van der Waals surface area contributed by atoms with Crippen LogP contribution in [0, 0.1) is 0 Å². The lowest BCUT2D eigenvalue weighted by atomic mass is 9.96. The monoisotopic (exact) mass is 297 g/mol. The summed E-state index contributed by atoms with van der Waals surface area (Å²) in [5.41, 5.74) is 9.48. The average Bonchev–Trinajstić information content (AvgIpc) is 2.59. The third-order valence-corrected chi connectivity index (χ3v) is 3.40. The van der Waals surface area contributed by atoms with Crippen LogP contribution >= 0.6 is 0 Å². The summed E-state index contributed by atoms with van der Waals surface area (Å²) in [4.78, 5) is 10.6. The van der Waals surface area contributed by atoms with Crippen molar-refractivity contribution in [1.29, 1.82) is 0 Å². The molecule has 0 spiro atoms. The number of rotatable bonds is 6. The molecule has 0 heterocycles. The van der Waals surface area contributed by atoms with Crippen LogP contribution < -0.4 is 15.2 Å². The largest absolute Gasteiger partial charge is 0.497 e. The van der Waals surface area contributed by atoms with Gasteiger partial charge in [0, 0.05) is 12.1 Å². The molecule has 2 aromatic rings. The number of ether oxygens (including phenoxy) is 2. The van der Waals surface area contributed by atoms with Gasteiger partial charge < -0.3 is 15.2 Å². The first-order valence-electron chi connectivity index (χ1n) is 6.90. The molecular formula is C18H19NO3. The standard InChI is InChI=1S/C18H19NO3/c1-21-15-7-6-14(4-3-9-20)16(11-15)17-10-13(12-19)5-8-18(17)22-2/h3-11H,12,19H2,1-2H3/b4-3+. The first kappa shape index (κ1) is 15.8. The van der Waals surface area contributed by atoms with Crippen LogP contribution in [-0.2, 0) is 11.3 Å². The molecular weight excluding hydrogens is 278 g/mol. The van der Waals surface area contributed by atoms with Gasteiger partial charge in [0.15, 0.2) is 0 Å². The van der Waals surface area contributed by atoms with E-state index < -0.39 is 0 Å². The third-order valence-electron chi connectivity index (χ3n) is 3.40. The van der Waals surface area contributed by atoms with Gasteiger partial charge in [-0.1, -0.05) is 18.2 Å². The second-order valence-corrected chi connectivity index (χ2v) is 4.69. The zero-order chi connectivity index (χ0) is 15.9. The van der Waals surface area contributed by atoms with E-state index in [-0.39, 0.29) is 0 Å². The van der Waals surface area contributed by atoms with Gasteiger partial charge in [-0.2, -0.15) is 0 Å². The van der Waals surface area contributed by atoms with Gasteiger partial charge in [0.25, 0.3) is 0 Å². The van der Waals surface area contributed by atoms with Crippen LogP contribution in [-0.4, -0.2) is 20.5 Å². The second-order valence-electron chi connectivity index (χ2n) is 4.69. The van der Waals surface area contributed by atoms with Crippen molar-refractivity contribution in [2.24, 2.45) is 5.73 Å². The Morgan fingerprint density at radius 3 is 2.50 bits per heavy atom. The lowest BCUT2D eigenvalue weighted by Gasteiger charge is -2.14. The zero-order valence-corrected chi connectivity index (χ0v) is 12.7. The van der Waals surface area contributed by atoms with Crippen molar-refractivity contribution in [2.45, 2.75) is 6.54 Å². The van der Waals surface area contributed by atoms with Crippen LogP contribution in [0.15, 0.2) is 42.5 Å². The number of methoxy groups -OCH3 is 2. The van der Waals surface area contributed by atoms with Crippen molar-refractivity contribution >= 4 is 12.4 Å². The molecule has 0 aliphatic carbocycles. The average molecular weight is 297 g/mol. The van der Waals surface area contributed by atoms with Crippen molar-refractivity contribution in [3.63, 3.8) is 0 Å². The summed E-state index contributed by atoms with van der Waals surface area (Å²) >= 11 is 0. The molecule has 2 N–H and O–H groups in total. The lowest BCUT2D eigenvalue weighted by Crippen LogP contribution is -1.98. The van der Waals surface area contributed by atoms with Crippen LogP contribution in [0.5, 0.6) is 11.5 Å². The van der Waals surface area contributed by atoms with E-state index in [9.17, 15) is 4.79 Å². The van der Waals surface area contributed by atoms with E-state index in [1.807, 2.05) is 36.4 Å². The van der Waals surface area contributed by atoms with E-state index in [4.69, 9.17) is 15.2 Å². The van der Waals surface area contributed by atoms with E-state index in [0.717, 1.165) is 40.0 Å². The maximum atomic E-state index is 10.6. The predicted octanol–water partition coefficient (Wildman–Crippen LogP) is 3.04. The maximum Gasteiger partial charge on any atom is 0.142 e. The van der Waals surface area contributed by atoms with Crippen LogP contribution in [0.2, 0.25) is 0 Å². The Morgan fingerprint density at radius 2 is 1.86 bits per heavy atom. The highest BCUT2D eigenvalue weighted by Gasteiger charge is 2.11. The minimum Gasteiger partial charge on any atom is -0.497 e. The van der Waals surface area contributed by atoms with Crippen molar-refractivity contribution < 1.29 is 14.3 Å². The van der Waals surface area contributed by atoms with Gasteiger partial charge >= 0.3 is 0 Å². The Balaban J connectivity index is 2.67. The van der Waals surface area contributed by atoms with E-state index in [0.29, 0.717) is 6.54 Å². The Bertz CT molecular complexity index is 693. The SMILES string of the molecule is COc1ccc(/C=C/C=O)c(-c2cc(CN)ccc2OC)c1. The van der Waals surface area contributed by atoms with Crippen molar-refractivity contribution in [3.8, 4) is 22.6 Å². The van der Waals surface area contributed by atoms with Crippen LogP contribution in [0.3, 0.4) is 0 Å². The molecule has 4 heteroatoms. The van der Waals surface area contributed by atoms with E-state index in [1.54, 1.807) is 20.3 Å². The smallest absolute Gasteiger partial charge is 0.142 e. The molecule has 0 atom stereocenters. The van der Waals surface area contributed by atoms with Gasteiger partial charge in [-0.25, -0.2) is 0 Å². The minimum absolute atomic E-state index is 0.445. The number of benzene rings is 2. The number of nitrogens with two attached hydrogens (primary N) is 1. The van der Waals surface area contributed by atoms with E-state index >= 15 is 0 Å². The van der Waals surface area contributed by atoms with Crippen molar-refractivity contribution in [3.05, 3.63) is 53.6 Å². The molecule has 0 saturated heterocycles. The van der Waals surface area contributed by atoms with E-state index in [2.05, 4.69) is 0 Å². The van der Waals surface area contributed by atoms with Crippen molar-refractivity contribution in [2.75, 3.05) is 14.2 Å². The molecule has 114 valence electrons. The van der Waals surface area contributed by atoms with E-state index in [1.165, 1.54) is 6.08 Å². The van der Waals surface area contributed by atoms with Gasteiger partial charge in [-0.05, 0) is 47.0 Å². The molecule has 0 fully saturated rings. The predicted molar refractivity (Wildman–Crippen MR) is 88.0 cm³/mol. The van der Waals surface area contributed by atoms with Crippen molar-refractivity contribution in [1.82, 2.24) is 0 Å². The fourth-order valence-corrected chi connectivity index (χ4v) is 2.28. The number of hydrogen-bond donors (Lipinski definition) is 1. The Kier molecular flexibility index (Phi) is 5.33. The summed E-state index contributed by atoms with van der Waals surface area (Å²) in [5.74, 6) is 1.48. The van der Waals surface area contributed by atoms with Crippen LogP contribution in [0.25, 0.3) is 17.2 Å². The van der Waals surface area contributed by atoms with Gasteiger partial charge in [0.1, 0.15) is 17.8 Å². The molecule has 0 saturated carbocycles. The van der Waals surface area contributed by atoms with Gasteiger partial charge in [0.2, 0.25) is 0 Å². The number of carbonyl (C=O) groups is 1. The molecule has 4 nitrogen and oxygen atoms in total. The molecule has 0 bridgehead atoms. The summed E-state index contributed by atoms with van der Waals surface area (Å²) in [5, 5.41) is 0. The van der Waals surface area contributed by atoms with Gasteiger partial charge in [-0.3, -0.25) is 4.79 Å². The van der Waals surface area contributed by atoms with Crippen LogP contribution in [0.4, 0.5) is 0 Å². The highest BCUT2D eigenvalue weighted by atomic mass is 16.5. The highest BCUT2D eigenvalue weighted by molar-refractivity contribution is 5.84. The second kappa shape index (κ2) is 7.43. The van der Waals surface area contributed by atoms with Crippen LogP contribution in [0.1, 0.15) is 11.1 Å². The Labute approximate surface area is 130 Å². The summed E-state index contributed by atoms with van der Waals surface area (Å²) in [6.07, 6.45) is 3.97. The molecule has 0 aliphatic rings. The summed E-state index contributed by atoms with van der Waals surface area (Å²) < 4.78 is 10.8. The highest BCUT2D eigenvalue weighted by Crippen LogP contribution is 2.36. The number of carbonyl (C=O) groups excluding carboxylic acids is 1. The van der Waals surface area contributed by atoms with Gasteiger partial charge in [-0.15, -0.1) is 0 Å². The first-order chi connectivity index (χ1) is 10.7. The first-order valence-corrected chi connectivity index (χ1v) is 6.90. The fraction of sp³-hybridized carbons (Fsp3) is 0.167. The molecule has 2 aromatic carbocycles. The maximum absolute atomic E-state index is 10.6.